The first-order valence-electron chi connectivity index (χ1n) is 4.75. The van der Waals surface area contributed by atoms with Crippen LogP contribution in [-0.2, 0) is 6.42 Å². The van der Waals surface area contributed by atoms with E-state index in [9.17, 15) is 4.79 Å². The molecular formula is C11H15NO. The van der Waals surface area contributed by atoms with Crippen molar-refractivity contribution < 1.29 is 4.79 Å². The van der Waals surface area contributed by atoms with Gasteiger partial charge in [0, 0.05) is 24.4 Å². The zero-order valence-corrected chi connectivity index (χ0v) is 8.21. The van der Waals surface area contributed by atoms with Crippen molar-refractivity contribution in [3.05, 3.63) is 29.6 Å². The van der Waals surface area contributed by atoms with Crippen molar-refractivity contribution in [1.29, 1.82) is 0 Å². The van der Waals surface area contributed by atoms with Gasteiger partial charge in [0.25, 0.3) is 0 Å². The SMILES string of the molecule is CCCc1cncc(C(=O)CC)c1. The van der Waals surface area contributed by atoms with Crippen molar-refractivity contribution in [2.75, 3.05) is 0 Å². The minimum absolute atomic E-state index is 0.172. The van der Waals surface area contributed by atoms with Crippen LogP contribution in [0.2, 0.25) is 0 Å². The number of pyridine rings is 1. The third kappa shape index (κ3) is 2.65. The van der Waals surface area contributed by atoms with Gasteiger partial charge in [0.2, 0.25) is 0 Å². The van der Waals surface area contributed by atoms with Crippen LogP contribution in [-0.4, -0.2) is 10.8 Å². The van der Waals surface area contributed by atoms with Crippen molar-refractivity contribution in [3.8, 4) is 0 Å². The summed E-state index contributed by atoms with van der Waals surface area (Å²) in [6, 6.07) is 1.95. The Morgan fingerprint density at radius 1 is 1.38 bits per heavy atom. The normalized spacial score (nSPS) is 10.0. The van der Waals surface area contributed by atoms with Crippen LogP contribution in [0, 0.1) is 0 Å². The molecule has 1 heterocycles. The Morgan fingerprint density at radius 3 is 2.77 bits per heavy atom. The van der Waals surface area contributed by atoms with Crippen molar-refractivity contribution in [1.82, 2.24) is 4.98 Å². The number of hydrogen-bond donors (Lipinski definition) is 0. The quantitative estimate of drug-likeness (QED) is 0.662. The van der Waals surface area contributed by atoms with Gasteiger partial charge in [-0.3, -0.25) is 9.78 Å². The Labute approximate surface area is 79.0 Å². The smallest absolute Gasteiger partial charge is 0.164 e. The summed E-state index contributed by atoms with van der Waals surface area (Å²) >= 11 is 0. The number of hydrogen-bond acceptors (Lipinski definition) is 2. The van der Waals surface area contributed by atoms with Crippen molar-refractivity contribution in [3.63, 3.8) is 0 Å². The molecule has 0 bridgehead atoms. The van der Waals surface area contributed by atoms with E-state index in [-0.39, 0.29) is 5.78 Å². The fourth-order valence-corrected chi connectivity index (χ4v) is 1.27. The van der Waals surface area contributed by atoms with Crippen LogP contribution in [0.3, 0.4) is 0 Å². The maximum absolute atomic E-state index is 11.3. The second kappa shape index (κ2) is 4.75. The Morgan fingerprint density at radius 2 is 2.15 bits per heavy atom. The highest BCUT2D eigenvalue weighted by Gasteiger charge is 2.03. The lowest BCUT2D eigenvalue weighted by atomic mass is 10.1. The number of carbonyl (C=O) groups excluding carboxylic acids is 1. The molecule has 2 heteroatoms. The molecule has 1 rings (SSSR count). The van der Waals surface area contributed by atoms with E-state index < -0.39 is 0 Å². The number of Topliss-reactive ketones (excluding diaryl/α,β-unsaturated/α-hetero) is 1. The van der Waals surface area contributed by atoms with Crippen LogP contribution < -0.4 is 0 Å². The van der Waals surface area contributed by atoms with Crippen LogP contribution in [0.25, 0.3) is 0 Å². The Bertz CT molecular complexity index is 294. The molecule has 0 spiro atoms. The second-order valence-corrected chi connectivity index (χ2v) is 3.11. The van der Waals surface area contributed by atoms with Gasteiger partial charge in [-0.2, -0.15) is 0 Å². The van der Waals surface area contributed by atoms with E-state index in [1.54, 1.807) is 6.20 Å². The number of ketones is 1. The minimum Gasteiger partial charge on any atom is -0.294 e. The summed E-state index contributed by atoms with van der Waals surface area (Å²) in [5, 5.41) is 0. The van der Waals surface area contributed by atoms with Gasteiger partial charge < -0.3 is 0 Å². The monoisotopic (exact) mass is 177 g/mol. The highest BCUT2D eigenvalue weighted by molar-refractivity contribution is 5.95. The lowest BCUT2D eigenvalue weighted by Gasteiger charge is -2.00. The molecule has 0 saturated carbocycles. The van der Waals surface area contributed by atoms with Gasteiger partial charge in [-0.15, -0.1) is 0 Å². The van der Waals surface area contributed by atoms with E-state index in [4.69, 9.17) is 0 Å². The third-order valence-corrected chi connectivity index (χ3v) is 1.98. The number of aromatic nitrogens is 1. The van der Waals surface area contributed by atoms with Crippen LogP contribution in [0.1, 0.15) is 42.6 Å². The molecule has 0 aromatic carbocycles. The average molecular weight is 177 g/mol. The van der Waals surface area contributed by atoms with Gasteiger partial charge >= 0.3 is 0 Å². The zero-order chi connectivity index (χ0) is 9.68. The summed E-state index contributed by atoms with van der Waals surface area (Å²) < 4.78 is 0. The fourth-order valence-electron chi connectivity index (χ4n) is 1.27. The number of carbonyl (C=O) groups is 1. The second-order valence-electron chi connectivity index (χ2n) is 3.11. The first kappa shape index (κ1) is 9.90. The number of nitrogens with zero attached hydrogens (tertiary/aromatic N) is 1. The maximum Gasteiger partial charge on any atom is 0.164 e. The van der Waals surface area contributed by atoms with Gasteiger partial charge in [-0.25, -0.2) is 0 Å². The third-order valence-electron chi connectivity index (χ3n) is 1.98. The topological polar surface area (TPSA) is 30.0 Å². The van der Waals surface area contributed by atoms with E-state index in [0.29, 0.717) is 6.42 Å². The molecule has 0 amide bonds. The Balaban J connectivity index is 2.85. The highest BCUT2D eigenvalue weighted by atomic mass is 16.1. The summed E-state index contributed by atoms with van der Waals surface area (Å²) in [5.74, 6) is 0.172. The largest absolute Gasteiger partial charge is 0.294 e. The molecule has 0 aliphatic rings. The fraction of sp³-hybridized carbons (Fsp3) is 0.455. The lowest BCUT2D eigenvalue weighted by molar-refractivity contribution is 0.0987. The molecule has 0 fully saturated rings. The minimum atomic E-state index is 0.172. The van der Waals surface area contributed by atoms with Crippen molar-refractivity contribution >= 4 is 5.78 Å². The van der Waals surface area contributed by atoms with Gasteiger partial charge in [0.1, 0.15) is 0 Å². The molecule has 0 atom stereocenters. The zero-order valence-electron chi connectivity index (χ0n) is 8.21. The molecule has 13 heavy (non-hydrogen) atoms. The first-order valence-corrected chi connectivity index (χ1v) is 4.75. The van der Waals surface area contributed by atoms with Gasteiger partial charge in [0.05, 0.1) is 0 Å². The van der Waals surface area contributed by atoms with E-state index >= 15 is 0 Å². The molecule has 0 radical (unpaired) electrons. The maximum atomic E-state index is 11.3. The summed E-state index contributed by atoms with van der Waals surface area (Å²) in [7, 11) is 0. The first-order chi connectivity index (χ1) is 6.27. The molecule has 0 aliphatic heterocycles. The van der Waals surface area contributed by atoms with E-state index in [1.807, 2.05) is 19.2 Å². The standard InChI is InChI=1S/C11H15NO/c1-3-5-9-6-10(8-12-7-9)11(13)4-2/h6-8H,3-5H2,1-2H3. The predicted molar refractivity (Wildman–Crippen MR) is 52.9 cm³/mol. The summed E-state index contributed by atoms with van der Waals surface area (Å²) in [6.45, 7) is 3.99. The average Bonchev–Trinajstić information content (AvgIpc) is 2.18. The Hall–Kier alpha value is -1.18. The van der Waals surface area contributed by atoms with Crippen LogP contribution >= 0.6 is 0 Å². The van der Waals surface area contributed by atoms with Gasteiger partial charge in [-0.1, -0.05) is 20.3 Å². The summed E-state index contributed by atoms with van der Waals surface area (Å²) in [4.78, 5) is 15.4. The van der Waals surface area contributed by atoms with Crippen LogP contribution in [0.15, 0.2) is 18.5 Å². The molecule has 70 valence electrons. The molecule has 0 unspecified atom stereocenters. The molecule has 1 aromatic heterocycles. The molecule has 0 N–H and O–H groups in total. The van der Waals surface area contributed by atoms with Crippen LogP contribution in [0.4, 0.5) is 0 Å². The molecule has 0 saturated heterocycles. The van der Waals surface area contributed by atoms with Crippen molar-refractivity contribution in [2.24, 2.45) is 0 Å². The molecule has 0 aliphatic carbocycles. The van der Waals surface area contributed by atoms with Gasteiger partial charge in [-0.05, 0) is 18.1 Å². The summed E-state index contributed by atoms with van der Waals surface area (Å²) in [6.07, 6.45) is 6.11. The van der Waals surface area contributed by atoms with Gasteiger partial charge in [0.15, 0.2) is 5.78 Å². The van der Waals surface area contributed by atoms with E-state index in [2.05, 4.69) is 11.9 Å². The Kier molecular flexibility index (Phi) is 3.62. The summed E-state index contributed by atoms with van der Waals surface area (Å²) in [5.41, 5.74) is 1.90. The van der Waals surface area contributed by atoms with Crippen LogP contribution in [0.5, 0.6) is 0 Å². The van der Waals surface area contributed by atoms with E-state index in [0.717, 1.165) is 24.0 Å². The molecule has 1 aromatic rings. The predicted octanol–water partition coefficient (Wildman–Crippen LogP) is 2.63. The van der Waals surface area contributed by atoms with E-state index in [1.165, 1.54) is 0 Å². The number of aryl methyl sites for hydroxylation is 1. The molecule has 2 nitrogen and oxygen atoms in total. The lowest BCUT2D eigenvalue weighted by Crippen LogP contribution is -1.98. The number of rotatable bonds is 4. The highest BCUT2D eigenvalue weighted by Crippen LogP contribution is 2.07. The molecular weight excluding hydrogens is 162 g/mol. The van der Waals surface area contributed by atoms with Crippen molar-refractivity contribution in [2.45, 2.75) is 33.1 Å².